The maximum Gasteiger partial charge on any atom is 0.147 e. The predicted octanol–water partition coefficient (Wildman–Crippen LogP) is 3.77. The van der Waals surface area contributed by atoms with Gasteiger partial charge in [0.05, 0.1) is 25.4 Å². The van der Waals surface area contributed by atoms with E-state index in [1.807, 2.05) is 36.7 Å². The molecular weight excluding hydrogens is 326 g/mol. The standard InChI is InChI=1S/C21H25N3O2/c1-3-10-23-11-7-16(8-12-23)15-26-20-6-4-5-17-21(20)22-14-18-19(25-2)9-13-24(17)18/h3-6,9,13-14,16H,1,7-8,10-12,15H2,2H3. The molecule has 0 atom stereocenters. The van der Waals surface area contributed by atoms with Crippen LogP contribution < -0.4 is 9.47 Å². The van der Waals surface area contributed by atoms with Crippen LogP contribution in [-0.2, 0) is 0 Å². The number of fused-ring (bicyclic) bond motifs is 3. The molecule has 1 aliphatic heterocycles. The van der Waals surface area contributed by atoms with Crippen molar-refractivity contribution >= 4 is 16.6 Å². The van der Waals surface area contributed by atoms with E-state index >= 15 is 0 Å². The molecule has 5 heteroatoms. The Bertz CT molecular complexity index is 910. The maximum absolute atomic E-state index is 6.19. The Balaban J connectivity index is 1.51. The zero-order valence-electron chi connectivity index (χ0n) is 15.2. The van der Waals surface area contributed by atoms with Crippen LogP contribution in [0.2, 0.25) is 0 Å². The van der Waals surface area contributed by atoms with Crippen molar-refractivity contribution in [3.8, 4) is 11.5 Å². The normalized spacial score (nSPS) is 16.2. The smallest absolute Gasteiger partial charge is 0.147 e. The van der Waals surface area contributed by atoms with Crippen LogP contribution in [0.1, 0.15) is 12.8 Å². The van der Waals surface area contributed by atoms with Gasteiger partial charge in [-0.1, -0.05) is 12.1 Å². The van der Waals surface area contributed by atoms with Gasteiger partial charge in [-0.05, 0) is 50.0 Å². The molecular formula is C21H25N3O2. The zero-order chi connectivity index (χ0) is 17.9. The lowest BCUT2D eigenvalue weighted by Crippen LogP contribution is -2.35. The van der Waals surface area contributed by atoms with Crippen molar-refractivity contribution in [1.29, 1.82) is 0 Å². The summed E-state index contributed by atoms with van der Waals surface area (Å²) in [6.45, 7) is 7.80. The van der Waals surface area contributed by atoms with E-state index in [9.17, 15) is 0 Å². The molecule has 0 amide bonds. The van der Waals surface area contributed by atoms with Crippen LogP contribution in [0.3, 0.4) is 0 Å². The number of aromatic nitrogens is 2. The van der Waals surface area contributed by atoms with E-state index in [0.29, 0.717) is 5.92 Å². The predicted molar refractivity (Wildman–Crippen MR) is 104 cm³/mol. The van der Waals surface area contributed by atoms with Gasteiger partial charge >= 0.3 is 0 Å². The first kappa shape index (κ1) is 16.9. The van der Waals surface area contributed by atoms with E-state index in [2.05, 4.69) is 26.9 Å². The first-order valence-electron chi connectivity index (χ1n) is 9.19. The van der Waals surface area contributed by atoms with Gasteiger partial charge in [-0.15, -0.1) is 6.58 Å². The molecule has 0 unspecified atom stereocenters. The Morgan fingerprint density at radius 2 is 2.04 bits per heavy atom. The maximum atomic E-state index is 6.19. The molecule has 0 aliphatic carbocycles. The first-order valence-corrected chi connectivity index (χ1v) is 9.19. The minimum absolute atomic E-state index is 0.599. The summed E-state index contributed by atoms with van der Waals surface area (Å²) < 4.78 is 13.7. The minimum Gasteiger partial charge on any atom is -0.494 e. The molecule has 1 aliphatic rings. The highest BCUT2D eigenvalue weighted by Gasteiger charge is 2.19. The van der Waals surface area contributed by atoms with Gasteiger partial charge in [0.15, 0.2) is 0 Å². The van der Waals surface area contributed by atoms with Gasteiger partial charge in [-0.2, -0.15) is 0 Å². The van der Waals surface area contributed by atoms with Crippen LogP contribution in [0.25, 0.3) is 16.6 Å². The number of hydrogen-bond donors (Lipinski definition) is 0. The molecule has 2 aromatic heterocycles. The SMILES string of the molecule is C=CCN1CCC(COc2cccc3c2ncc2c(OC)ccn23)CC1. The summed E-state index contributed by atoms with van der Waals surface area (Å²) in [7, 11) is 1.68. The topological polar surface area (TPSA) is 39.0 Å². The van der Waals surface area contributed by atoms with E-state index in [0.717, 1.165) is 54.3 Å². The number of nitrogens with zero attached hydrogens (tertiary/aromatic N) is 3. The van der Waals surface area contributed by atoms with Crippen molar-refractivity contribution in [2.45, 2.75) is 12.8 Å². The Hall–Kier alpha value is -2.53. The Kier molecular flexibility index (Phi) is 4.80. The highest BCUT2D eigenvalue weighted by Crippen LogP contribution is 2.29. The molecule has 0 N–H and O–H groups in total. The molecule has 0 spiro atoms. The van der Waals surface area contributed by atoms with E-state index in [4.69, 9.17) is 9.47 Å². The summed E-state index contributed by atoms with van der Waals surface area (Å²) in [5.41, 5.74) is 2.89. The molecule has 1 aromatic carbocycles. The molecule has 136 valence electrons. The number of rotatable bonds is 6. The molecule has 1 saturated heterocycles. The van der Waals surface area contributed by atoms with Crippen molar-refractivity contribution in [2.75, 3.05) is 33.4 Å². The fraction of sp³-hybridized carbons (Fsp3) is 0.381. The molecule has 3 heterocycles. The van der Waals surface area contributed by atoms with Gasteiger partial charge in [0.1, 0.15) is 22.5 Å². The van der Waals surface area contributed by atoms with Gasteiger partial charge in [-0.25, -0.2) is 4.98 Å². The molecule has 1 fully saturated rings. The number of piperidine rings is 1. The molecule has 26 heavy (non-hydrogen) atoms. The van der Waals surface area contributed by atoms with Gasteiger partial charge in [0.25, 0.3) is 0 Å². The fourth-order valence-electron chi connectivity index (χ4n) is 3.74. The van der Waals surface area contributed by atoms with Crippen LogP contribution in [0.5, 0.6) is 11.5 Å². The molecule has 0 radical (unpaired) electrons. The van der Waals surface area contributed by atoms with Crippen molar-refractivity contribution in [3.05, 3.63) is 49.3 Å². The lowest BCUT2D eigenvalue weighted by Gasteiger charge is -2.31. The second-order valence-corrected chi connectivity index (χ2v) is 6.87. The molecule has 0 saturated carbocycles. The van der Waals surface area contributed by atoms with Crippen LogP contribution in [0.15, 0.2) is 49.3 Å². The van der Waals surface area contributed by atoms with Gasteiger partial charge in [0, 0.05) is 12.7 Å². The van der Waals surface area contributed by atoms with Crippen molar-refractivity contribution in [3.63, 3.8) is 0 Å². The third-order valence-electron chi connectivity index (χ3n) is 5.23. The Morgan fingerprint density at radius 3 is 2.81 bits per heavy atom. The van der Waals surface area contributed by atoms with Crippen molar-refractivity contribution in [2.24, 2.45) is 5.92 Å². The fourth-order valence-corrected chi connectivity index (χ4v) is 3.74. The quantitative estimate of drug-likeness (QED) is 0.634. The highest BCUT2D eigenvalue weighted by atomic mass is 16.5. The first-order chi connectivity index (χ1) is 12.8. The average molecular weight is 351 g/mol. The van der Waals surface area contributed by atoms with Crippen molar-refractivity contribution < 1.29 is 9.47 Å². The van der Waals surface area contributed by atoms with Gasteiger partial charge < -0.3 is 13.9 Å². The summed E-state index contributed by atoms with van der Waals surface area (Å²) in [6.07, 6.45) is 8.19. The second kappa shape index (κ2) is 7.38. The summed E-state index contributed by atoms with van der Waals surface area (Å²) >= 11 is 0. The Labute approximate surface area is 153 Å². The number of methoxy groups -OCH3 is 1. The van der Waals surface area contributed by atoms with E-state index in [1.54, 1.807) is 7.11 Å². The lowest BCUT2D eigenvalue weighted by atomic mass is 9.98. The molecule has 5 nitrogen and oxygen atoms in total. The number of ether oxygens (including phenoxy) is 2. The van der Waals surface area contributed by atoms with Crippen LogP contribution >= 0.6 is 0 Å². The Morgan fingerprint density at radius 1 is 1.19 bits per heavy atom. The third kappa shape index (κ3) is 3.15. The van der Waals surface area contributed by atoms with E-state index < -0.39 is 0 Å². The largest absolute Gasteiger partial charge is 0.494 e. The van der Waals surface area contributed by atoms with Crippen LogP contribution in [0.4, 0.5) is 0 Å². The van der Waals surface area contributed by atoms with E-state index in [-0.39, 0.29) is 0 Å². The molecule has 0 bridgehead atoms. The highest BCUT2D eigenvalue weighted by molar-refractivity contribution is 5.85. The monoisotopic (exact) mass is 351 g/mol. The second-order valence-electron chi connectivity index (χ2n) is 6.87. The summed E-state index contributed by atoms with van der Waals surface area (Å²) in [4.78, 5) is 7.09. The number of hydrogen-bond acceptors (Lipinski definition) is 4. The average Bonchev–Trinajstić information content (AvgIpc) is 3.11. The van der Waals surface area contributed by atoms with Crippen LogP contribution in [-0.4, -0.2) is 47.6 Å². The summed E-state index contributed by atoms with van der Waals surface area (Å²) in [5, 5.41) is 0. The number of para-hydroxylation sites is 1. The van der Waals surface area contributed by atoms with Crippen LogP contribution in [0, 0.1) is 5.92 Å². The summed E-state index contributed by atoms with van der Waals surface area (Å²) in [6, 6.07) is 8.06. The lowest BCUT2D eigenvalue weighted by molar-refractivity contribution is 0.151. The van der Waals surface area contributed by atoms with E-state index in [1.165, 1.54) is 12.8 Å². The molecule has 3 aromatic rings. The number of benzene rings is 1. The van der Waals surface area contributed by atoms with Gasteiger partial charge in [0.2, 0.25) is 0 Å². The zero-order valence-corrected chi connectivity index (χ0v) is 15.2. The third-order valence-corrected chi connectivity index (χ3v) is 5.23. The summed E-state index contributed by atoms with van der Waals surface area (Å²) in [5.74, 6) is 2.28. The number of likely N-dealkylation sites (tertiary alicyclic amines) is 1. The van der Waals surface area contributed by atoms with Gasteiger partial charge in [-0.3, -0.25) is 4.90 Å². The minimum atomic E-state index is 0.599. The molecule has 4 rings (SSSR count). The van der Waals surface area contributed by atoms with Crippen molar-refractivity contribution in [1.82, 2.24) is 14.3 Å².